The first kappa shape index (κ1) is 68.2. The van der Waals surface area contributed by atoms with Gasteiger partial charge in [0.15, 0.2) is 12.7 Å². The summed E-state index contributed by atoms with van der Waals surface area (Å²) in [5.74, 6) is 0. The molecular formula is C53H63N23O3S2. The molecule has 81 heavy (non-hydrogen) atoms. The number of pyridine rings is 1. The highest BCUT2D eigenvalue weighted by Gasteiger charge is 1.93. The van der Waals surface area contributed by atoms with E-state index < -0.39 is 0 Å². The summed E-state index contributed by atoms with van der Waals surface area (Å²) in [6.45, 7) is 2.50. The Balaban J connectivity index is 0.000000434. The lowest BCUT2D eigenvalue weighted by molar-refractivity contribution is 0.420. The van der Waals surface area contributed by atoms with Crippen LogP contribution in [0.2, 0.25) is 0 Å². The number of piperidine rings is 1. The van der Waals surface area contributed by atoms with Crippen molar-refractivity contribution in [1.29, 1.82) is 0 Å². The Hall–Kier alpha value is -10.8. The third-order valence-electron chi connectivity index (χ3n) is 7.09. The molecule has 420 valence electrons. The maximum absolute atomic E-state index is 4.58. The molecule has 1 aliphatic rings. The smallest absolute Gasteiger partial charge is 0.180 e. The molecule has 28 heteroatoms. The molecule has 0 bridgehead atoms. The summed E-state index contributed by atoms with van der Waals surface area (Å²) < 4.78 is 13.4. The number of thiazole rings is 1. The number of rotatable bonds is 0. The number of aromatic amines is 4. The molecule has 0 aliphatic carbocycles. The van der Waals surface area contributed by atoms with Crippen LogP contribution in [0.3, 0.4) is 0 Å². The van der Waals surface area contributed by atoms with E-state index in [0.29, 0.717) is 0 Å². The molecule has 1 aliphatic heterocycles. The molecule has 0 spiro atoms. The molecule has 15 heterocycles. The Bertz CT molecular complexity index is 2000. The second-order valence-corrected chi connectivity index (χ2v) is 14.5. The number of aromatic nitrogens is 22. The number of hydrogen-bond acceptors (Lipinski definition) is 24. The van der Waals surface area contributed by atoms with Crippen molar-refractivity contribution in [2.24, 2.45) is 0 Å². The highest BCUT2D eigenvalue weighted by atomic mass is 32.1. The second-order valence-electron chi connectivity index (χ2n) is 12.9. The van der Waals surface area contributed by atoms with Crippen molar-refractivity contribution in [3.8, 4) is 0 Å². The van der Waals surface area contributed by atoms with Crippen LogP contribution in [-0.2, 0) is 0 Å². The first-order valence-corrected chi connectivity index (χ1v) is 25.7. The molecule has 14 aromatic heterocycles. The number of thiophene rings is 1. The average Bonchev–Trinajstić information content (AvgIpc) is 4.42. The molecule has 1 fully saturated rings. The van der Waals surface area contributed by atoms with Crippen LogP contribution in [0.5, 0.6) is 0 Å². The molecule has 0 aromatic carbocycles. The van der Waals surface area contributed by atoms with Gasteiger partial charge in [-0.1, -0.05) is 35.0 Å². The van der Waals surface area contributed by atoms with Crippen LogP contribution in [0, 0.1) is 0 Å². The van der Waals surface area contributed by atoms with E-state index in [9.17, 15) is 0 Å². The van der Waals surface area contributed by atoms with E-state index in [4.69, 9.17) is 0 Å². The van der Waals surface area contributed by atoms with E-state index in [-0.39, 0.29) is 0 Å². The van der Waals surface area contributed by atoms with Gasteiger partial charge < -0.3 is 28.6 Å². The Labute approximate surface area is 476 Å². The van der Waals surface area contributed by atoms with Crippen LogP contribution < -0.4 is 5.32 Å². The number of tetrazole rings is 1. The van der Waals surface area contributed by atoms with Gasteiger partial charge in [-0.05, 0) is 103 Å². The van der Waals surface area contributed by atoms with Gasteiger partial charge in [0, 0.05) is 117 Å². The second kappa shape index (κ2) is 65.3. The topological polar surface area (TPSA) is 347 Å². The predicted molar refractivity (Wildman–Crippen MR) is 307 cm³/mol. The molecule has 0 amide bonds. The number of nitrogens with zero attached hydrogens (tertiary/aromatic N) is 18. The average molecular weight is 1130 g/mol. The summed E-state index contributed by atoms with van der Waals surface area (Å²) in [5.41, 5.74) is 1.79. The fourth-order valence-electron chi connectivity index (χ4n) is 3.90. The molecule has 0 radical (unpaired) electrons. The standard InChI is InChI=1S/C5H11N.C5H5N.3C4H4N2.C4H5N.C4H4O.C4H4S.C3H3N3.2C3H4N2.2C3H3NO.C3H3NS.CH2N4/c2*1-2-4-6-5-3-1;1-2-6-4-3-5-1;1-2-5-4-6-3-1;1-2-4-6-5-3-1;3*1-2-4-5-3-1;1-2-5-6-3-4-1;1-2-5-3-4-1;1-2-4-5-3-1;1-2-5-3-4-1;1-2-4-5-3-1;1-2-5-3-4-1;1-2-4-5-3-1/h6H,1-5H2;1-5H;3*1-4H;1-5H;2*1-4H;1-3H;2*1-3H,(H,4,5);3*1-3H;1H,(H,2,3,4,5). The van der Waals surface area contributed by atoms with Crippen molar-refractivity contribution >= 4 is 22.7 Å². The lowest BCUT2D eigenvalue weighted by Gasteiger charge is -2.08. The summed E-state index contributed by atoms with van der Waals surface area (Å²) in [6.07, 6.45) is 53.1. The number of hydrogen-bond donors (Lipinski definition) is 5. The molecule has 1 saturated heterocycles. The number of nitrogens with one attached hydrogen (secondary N) is 5. The van der Waals surface area contributed by atoms with Crippen molar-refractivity contribution in [2.45, 2.75) is 19.3 Å². The van der Waals surface area contributed by atoms with Gasteiger partial charge >= 0.3 is 0 Å². The largest absolute Gasteiger partial charge is 0.473 e. The zero-order chi connectivity index (χ0) is 57.3. The molecule has 15 rings (SSSR count). The summed E-state index contributed by atoms with van der Waals surface area (Å²) in [5, 5.41) is 45.0. The van der Waals surface area contributed by atoms with Gasteiger partial charge in [-0.15, -0.1) is 26.6 Å². The van der Waals surface area contributed by atoms with Crippen LogP contribution in [0.1, 0.15) is 19.3 Å². The minimum atomic E-state index is 1.25. The first-order valence-electron chi connectivity index (χ1n) is 23.8. The van der Waals surface area contributed by atoms with Crippen LogP contribution in [0.25, 0.3) is 0 Å². The number of oxazole rings is 1. The van der Waals surface area contributed by atoms with E-state index in [1.807, 2.05) is 101 Å². The normalized spacial score (nSPS) is 9.19. The van der Waals surface area contributed by atoms with E-state index in [2.05, 4.69) is 130 Å². The fraction of sp³-hybridized carbons (Fsp3) is 0.0943. The van der Waals surface area contributed by atoms with Crippen molar-refractivity contribution in [1.82, 2.24) is 117 Å². The van der Waals surface area contributed by atoms with Gasteiger partial charge in [-0.2, -0.15) is 36.9 Å². The Morgan fingerprint density at radius 2 is 1.05 bits per heavy atom. The van der Waals surface area contributed by atoms with Gasteiger partial charge in [-0.3, -0.25) is 25.0 Å². The maximum atomic E-state index is 4.58. The summed E-state index contributed by atoms with van der Waals surface area (Å²) in [7, 11) is 0. The summed E-state index contributed by atoms with van der Waals surface area (Å²) in [4.78, 5) is 38.8. The SMILES string of the molecule is C1CCNCC1.c1c[nH]cn1.c1cc[nH]c1.c1ccncc1.c1ccnnc1.c1ccoc1.c1ccsc1.c1cn[nH]c1.c1cnccn1.c1cncnc1.c1cnncn1.c1cnoc1.c1cocn1.c1cscn1.c1nn[nH]n1. The lowest BCUT2D eigenvalue weighted by atomic mass is 10.2. The Kier molecular flexibility index (Phi) is 54.9. The van der Waals surface area contributed by atoms with Crippen molar-refractivity contribution in [3.63, 3.8) is 0 Å². The molecular weight excluding hydrogens is 1070 g/mol. The van der Waals surface area contributed by atoms with E-state index in [0.717, 1.165) is 0 Å². The Morgan fingerprint density at radius 1 is 0.358 bits per heavy atom. The lowest BCUT2D eigenvalue weighted by Crippen LogP contribution is -2.21. The highest BCUT2D eigenvalue weighted by molar-refractivity contribution is 7.07. The first-order chi connectivity index (χ1) is 40.5. The monoisotopic (exact) mass is 1130 g/mol. The third kappa shape index (κ3) is 63.4. The van der Waals surface area contributed by atoms with E-state index in [1.165, 1.54) is 76.5 Å². The molecule has 0 atom stereocenters. The minimum absolute atomic E-state index is 1.25. The zero-order valence-electron chi connectivity index (χ0n) is 43.8. The van der Waals surface area contributed by atoms with Crippen LogP contribution in [0.4, 0.5) is 0 Å². The number of H-pyrrole nitrogens is 4. The maximum Gasteiger partial charge on any atom is 0.180 e. The minimum Gasteiger partial charge on any atom is -0.473 e. The highest BCUT2D eigenvalue weighted by Crippen LogP contribution is 1.96. The van der Waals surface area contributed by atoms with E-state index in [1.54, 1.807) is 171 Å². The van der Waals surface area contributed by atoms with E-state index >= 15 is 0 Å². The van der Waals surface area contributed by atoms with Crippen LogP contribution in [-0.4, -0.2) is 124 Å². The molecule has 26 nitrogen and oxygen atoms in total. The molecule has 5 N–H and O–H groups in total. The van der Waals surface area contributed by atoms with Gasteiger partial charge in [0.05, 0.1) is 43.0 Å². The fourth-order valence-corrected chi connectivity index (χ4v) is 4.70. The van der Waals surface area contributed by atoms with Gasteiger partial charge in [-0.25, -0.2) is 24.9 Å². The Morgan fingerprint density at radius 3 is 1.23 bits per heavy atom. The molecule has 14 aromatic rings. The quantitative estimate of drug-likeness (QED) is 0.0942. The molecule has 0 saturated carbocycles. The van der Waals surface area contributed by atoms with Crippen molar-refractivity contribution in [3.05, 3.63) is 293 Å². The predicted octanol–water partition coefficient (Wildman–Crippen LogP) is 9.70. The summed E-state index contributed by atoms with van der Waals surface area (Å²) >= 11 is 3.31. The number of imidazole rings is 1. The van der Waals surface area contributed by atoms with Crippen molar-refractivity contribution in [2.75, 3.05) is 13.1 Å². The van der Waals surface area contributed by atoms with Crippen LogP contribution >= 0.6 is 22.7 Å². The van der Waals surface area contributed by atoms with Gasteiger partial charge in [0.1, 0.15) is 25.2 Å². The van der Waals surface area contributed by atoms with Gasteiger partial charge in [0.25, 0.3) is 0 Å². The van der Waals surface area contributed by atoms with Crippen molar-refractivity contribution < 1.29 is 13.4 Å². The third-order valence-corrected chi connectivity index (χ3v) is 8.24. The number of furan rings is 1. The van der Waals surface area contributed by atoms with Gasteiger partial charge in [0.2, 0.25) is 0 Å². The molecule has 0 unspecified atom stereocenters. The summed E-state index contributed by atoms with van der Waals surface area (Å²) in [6, 6.07) is 26.3. The zero-order valence-corrected chi connectivity index (χ0v) is 45.5. The van der Waals surface area contributed by atoms with Crippen LogP contribution in [0.15, 0.2) is 307 Å².